The van der Waals surface area contributed by atoms with Crippen molar-refractivity contribution in [2.24, 2.45) is 0 Å². The summed E-state index contributed by atoms with van der Waals surface area (Å²) < 4.78 is 32.4. The fourth-order valence-corrected chi connectivity index (χ4v) is 8.91. The minimum atomic E-state index is -2.03. The Hall–Kier alpha value is -3.57. The number of hydrogen-bond acceptors (Lipinski definition) is 3. The molecule has 3 heterocycles. The average Bonchev–Trinajstić information content (AvgIpc) is 3.40. The van der Waals surface area contributed by atoms with Crippen molar-refractivity contribution >= 4 is 50.4 Å². The van der Waals surface area contributed by atoms with Crippen LogP contribution in [0.1, 0.15) is 54.7 Å². The Morgan fingerprint density at radius 2 is 1.50 bits per heavy atom. The first-order valence-electron chi connectivity index (χ1n) is 16.8. The van der Waals surface area contributed by atoms with E-state index < -0.39 is 25.1 Å². The van der Waals surface area contributed by atoms with Crippen molar-refractivity contribution in [2.75, 3.05) is 0 Å². The molecule has 7 aromatic rings. The molecule has 0 amide bonds. The van der Waals surface area contributed by atoms with Crippen molar-refractivity contribution in [1.29, 1.82) is 0 Å². The van der Waals surface area contributed by atoms with Crippen LogP contribution in [-0.4, -0.2) is 23.2 Å². The summed E-state index contributed by atoms with van der Waals surface area (Å²) in [6, 6.07) is 36.2. The monoisotopic (exact) mass is 846 g/mol. The van der Waals surface area contributed by atoms with E-state index in [1.807, 2.05) is 88.5 Å². The zero-order valence-electron chi connectivity index (χ0n) is 30.4. The van der Waals surface area contributed by atoms with Gasteiger partial charge in [0.15, 0.2) is 0 Å². The molecular weight excluding hydrogens is 801 g/mol. The first kappa shape index (κ1) is 29.8. The number of pyridine rings is 2. The molecule has 0 N–H and O–H groups in total. The van der Waals surface area contributed by atoms with E-state index in [-0.39, 0.29) is 26.3 Å². The van der Waals surface area contributed by atoms with E-state index in [1.54, 1.807) is 6.07 Å². The van der Waals surface area contributed by atoms with Gasteiger partial charge in [0.1, 0.15) is 5.58 Å². The standard InChI is InChI=1S/C24H18NO.C17H22GeN.Ir/c1-15(2)16-10-11-25-22(13-16)20-9-5-8-19-21-12-17-6-3-4-7-18(17)14-23(21)26-24(19)20;1-13(2)15-11-17(14-9-7-6-8-10-14)19-12-16(15)18(3,4)5;/h3-8,10-15H,1-2H3;6-9,11-13H,1-5H3;/q2*-1;/i11D,15D;13D;. The Morgan fingerprint density at radius 1 is 0.761 bits per heavy atom. The van der Waals surface area contributed by atoms with Gasteiger partial charge in [-0.25, -0.2) is 0 Å². The molecule has 3 nitrogen and oxygen atoms in total. The molecular formula is C41H40GeIrN2O-2. The predicted octanol–water partition coefficient (Wildman–Crippen LogP) is 10.9. The number of hydrogen-bond donors (Lipinski definition) is 0. The van der Waals surface area contributed by atoms with Crippen LogP contribution in [0.2, 0.25) is 17.3 Å². The van der Waals surface area contributed by atoms with Gasteiger partial charge >= 0.3 is 120 Å². The fourth-order valence-electron chi connectivity index (χ4n) is 5.59. The van der Waals surface area contributed by atoms with Gasteiger partial charge in [0.2, 0.25) is 0 Å². The van der Waals surface area contributed by atoms with Crippen LogP contribution in [0.4, 0.5) is 0 Å². The molecule has 0 spiro atoms. The third kappa shape index (κ3) is 7.05. The molecule has 0 bridgehead atoms. The molecule has 0 unspecified atom stereocenters. The number of fused-ring (bicyclic) bond motifs is 4. The van der Waals surface area contributed by atoms with E-state index in [4.69, 9.17) is 8.53 Å². The second-order valence-electron chi connectivity index (χ2n) is 12.9. The van der Waals surface area contributed by atoms with Crippen LogP contribution in [-0.2, 0) is 20.1 Å². The van der Waals surface area contributed by atoms with Crippen LogP contribution >= 0.6 is 0 Å². The normalized spacial score (nSPS) is 13.0. The topological polar surface area (TPSA) is 38.9 Å². The van der Waals surface area contributed by atoms with Gasteiger partial charge in [-0.05, 0) is 40.6 Å². The maximum atomic E-state index is 8.44. The summed E-state index contributed by atoms with van der Waals surface area (Å²) >= 11 is -2.03. The molecule has 0 aliphatic rings. The largest absolute Gasteiger partial charge is 0.501 e. The third-order valence-corrected chi connectivity index (χ3v) is 12.3. The first-order valence-corrected chi connectivity index (χ1v) is 22.7. The molecule has 5 heteroatoms. The molecule has 235 valence electrons. The summed E-state index contributed by atoms with van der Waals surface area (Å²) in [6.07, 6.45) is 2.14. The summed E-state index contributed by atoms with van der Waals surface area (Å²) in [5.74, 6) is 5.63. The van der Waals surface area contributed by atoms with Gasteiger partial charge in [-0.1, -0.05) is 60.7 Å². The third-order valence-electron chi connectivity index (χ3n) is 8.07. The van der Waals surface area contributed by atoms with E-state index in [0.29, 0.717) is 11.3 Å². The summed E-state index contributed by atoms with van der Waals surface area (Å²) in [6.45, 7) is 7.53. The zero-order valence-corrected chi connectivity index (χ0v) is 31.9. The van der Waals surface area contributed by atoms with Gasteiger partial charge in [-0.2, -0.15) is 0 Å². The quantitative estimate of drug-likeness (QED) is 0.128. The van der Waals surface area contributed by atoms with Gasteiger partial charge < -0.3 is 9.40 Å². The van der Waals surface area contributed by atoms with Crippen molar-refractivity contribution in [3.63, 3.8) is 0 Å². The second-order valence-corrected chi connectivity index (χ2v) is 23.5. The summed E-state index contributed by atoms with van der Waals surface area (Å²) in [4.78, 5) is 9.01. The number of benzene rings is 4. The summed E-state index contributed by atoms with van der Waals surface area (Å²) in [7, 11) is 0. The maximum Gasteiger partial charge on any atom is 0.121 e. The Morgan fingerprint density at radius 3 is 2.17 bits per heavy atom. The van der Waals surface area contributed by atoms with Crippen LogP contribution in [0.25, 0.3) is 55.2 Å². The van der Waals surface area contributed by atoms with E-state index in [0.717, 1.165) is 55.1 Å². The Bertz CT molecular complexity index is 2270. The van der Waals surface area contributed by atoms with E-state index in [2.05, 4.69) is 69.7 Å². The van der Waals surface area contributed by atoms with Crippen LogP contribution in [0.3, 0.4) is 0 Å². The van der Waals surface area contributed by atoms with Gasteiger partial charge in [-0.3, -0.25) is 0 Å². The molecule has 0 saturated carbocycles. The average molecular weight is 845 g/mol. The van der Waals surface area contributed by atoms with Crippen LogP contribution in [0, 0.1) is 12.1 Å². The van der Waals surface area contributed by atoms with Gasteiger partial charge in [0.25, 0.3) is 0 Å². The summed E-state index contributed by atoms with van der Waals surface area (Å²) in [5.41, 5.74) is 6.62. The molecule has 0 aliphatic heterocycles. The Balaban J connectivity index is 0.000000199. The first-order chi connectivity index (χ1) is 22.6. The van der Waals surface area contributed by atoms with Crippen LogP contribution in [0.5, 0.6) is 0 Å². The van der Waals surface area contributed by atoms with Crippen molar-refractivity contribution in [1.82, 2.24) is 9.97 Å². The predicted molar refractivity (Wildman–Crippen MR) is 193 cm³/mol. The Kier molecular flexibility index (Phi) is 9.10. The minimum absolute atomic E-state index is 0. The summed E-state index contributed by atoms with van der Waals surface area (Å²) in [5, 5.41) is 4.34. The van der Waals surface area contributed by atoms with Crippen LogP contribution in [0.15, 0.2) is 108 Å². The smallest absolute Gasteiger partial charge is 0.121 e. The molecule has 0 fully saturated rings. The zero-order chi connectivity index (χ0) is 34.4. The molecule has 0 atom stereocenters. The number of nitrogens with zero attached hydrogens (tertiary/aromatic N) is 2. The Labute approximate surface area is 293 Å². The minimum Gasteiger partial charge on any atom is -0.501 e. The SMILES string of the molecule is [2H]C(C)(C)c1cc(-c2[c-]cccc2)nc[c]1[Ge]([CH3])([CH3])[CH3].[2H]c1cc(C([2H])(C)C)cc(-c2[c-]ccc3c2oc2cc4ccccc4cc23)n1.[Ir]. The van der Waals surface area contributed by atoms with Gasteiger partial charge in [0, 0.05) is 33.0 Å². The van der Waals surface area contributed by atoms with Crippen LogP contribution < -0.4 is 4.40 Å². The molecule has 7 rings (SSSR count). The molecule has 0 aliphatic carbocycles. The molecule has 46 heavy (non-hydrogen) atoms. The molecule has 0 saturated heterocycles. The number of aromatic nitrogens is 2. The van der Waals surface area contributed by atoms with Crippen molar-refractivity contribution in [3.05, 3.63) is 127 Å². The van der Waals surface area contributed by atoms with Gasteiger partial charge in [0.05, 0.1) is 6.95 Å². The number of furan rings is 1. The van der Waals surface area contributed by atoms with Crippen molar-refractivity contribution in [3.8, 4) is 22.5 Å². The van der Waals surface area contributed by atoms with Gasteiger partial charge in [-0.15, -0.1) is 18.2 Å². The van der Waals surface area contributed by atoms with Crippen molar-refractivity contribution in [2.45, 2.75) is 56.8 Å². The van der Waals surface area contributed by atoms with E-state index in [1.165, 1.54) is 4.40 Å². The fraction of sp³-hybridized carbons (Fsp3) is 0.220. The van der Waals surface area contributed by atoms with E-state index in [9.17, 15) is 0 Å². The second kappa shape index (κ2) is 14.0. The molecule has 4 aromatic carbocycles. The number of rotatable bonds is 5. The molecule has 1 radical (unpaired) electrons. The van der Waals surface area contributed by atoms with Crippen molar-refractivity contribution < 1.29 is 28.6 Å². The van der Waals surface area contributed by atoms with E-state index >= 15 is 0 Å². The maximum absolute atomic E-state index is 8.44. The molecule has 3 aromatic heterocycles.